The van der Waals surface area contributed by atoms with E-state index in [1.807, 2.05) is 41.8 Å². The Bertz CT molecular complexity index is 1040. The maximum absolute atomic E-state index is 12.4. The number of aromatic nitrogens is 3. The molecule has 3 aromatic rings. The summed E-state index contributed by atoms with van der Waals surface area (Å²) in [7, 11) is 0. The Balaban J connectivity index is 1.64. The van der Waals surface area contributed by atoms with Crippen LogP contribution in [0.25, 0.3) is 0 Å². The molecule has 2 aromatic carbocycles. The second-order valence-corrected chi connectivity index (χ2v) is 9.51. The van der Waals surface area contributed by atoms with Crippen LogP contribution in [0.5, 0.6) is 5.75 Å². The van der Waals surface area contributed by atoms with E-state index in [4.69, 9.17) is 27.9 Å². The normalized spacial score (nSPS) is 12.1. The first-order valence-electron chi connectivity index (χ1n) is 10.3. The molecule has 0 bridgehead atoms. The highest BCUT2D eigenvalue weighted by atomic mass is 35.5. The third kappa shape index (κ3) is 6.89. The lowest BCUT2D eigenvalue weighted by atomic mass is 10.2. The van der Waals surface area contributed by atoms with Crippen molar-refractivity contribution in [1.29, 1.82) is 0 Å². The summed E-state index contributed by atoms with van der Waals surface area (Å²) in [6, 6.07) is 14.7. The monoisotopic (exact) mass is 492 g/mol. The van der Waals surface area contributed by atoms with Crippen molar-refractivity contribution in [2.75, 3.05) is 5.75 Å². The average molecular weight is 493 g/mol. The van der Waals surface area contributed by atoms with Crippen LogP contribution in [0.4, 0.5) is 0 Å². The van der Waals surface area contributed by atoms with E-state index in [9.17, 15) is 4.79 Å². The number of amides is 1. The summed E-state index contributed by atoms with van der Waals surface area (Å²) in [6.45, 7) is 7.32. The van der Waals surface area contributed by atoms with Gasteiger partial charge in [0, 0.05) is 18.1 Å². The second-order valence-electron chi connectivity index (χ2n) is 7.73. The molecule has 1 atom stereocenters. The number of hydrogen-bond donors (Lipinski definition) is 1. The first kappa shape index (κ1) is 24.4. The molecule has 3 rings (SSSR count). The Labute approximate surface area is 202 Å². The smallest absolute Gasteiger partial charge is 0.230 e. The minimum Gasteiger partial charge on any atom is -0.481 e. The Morgan fingerprint density at radius 2 is 1.81 bits per heavy atom. The third-order valence-electron chi connectivity index (χ3n) is 4.53. The van der Waals surface area contributed by atoms with Crippen LogP contribution in [0.1, 0.15) is 38.3 Å². The Hall–Kier alpha value is -2.22. The van der Waals surface area contributed by atoms with Crippen LogP contribution in [0, 0.1) is 5.92 Å². The maximum atomic E-state index is 12.4. The molecule has 0 aliphatic heterocycles. The molecule has 1 unspecified atom stereocenters. The minimum absolute atomic E-state index is 0.0778. The van der Waals surface area contributed by atoms with Crippen molar-refractivity contribution in [2.45, 2.75) is 45.1 Å². The Morgan fingerprint density at radius 3 is 2.50 bits per heavy atom. The van der Waals surface area contributed by atoms with Gasteiger partial charge in [-0.15, -0.1) is 10.2 Å². The van der Waals surface area contributed by atoms with Gasteiger partial charge in [0.25, 0.3) is 0 Å². The van der Waals surface area contributed by atoms with Crippen LogP contribution in [-0.4, -0.2) is 26.4 Å². The summed E-state index contributed by atoms with van der Waals surface area (Å²) in [5.74, 6) is 1.82. The first-order chi connectivity index (χ1) is 15.3. The molecule has 0 aliphatic rings. The Morgan fingerprint density at radius 1 is 1.09 bits per heavy atom. The van der Waals surface area contributed by atoms with Crippen molar-refractivity contribution >= 4 is 40.9 Å². The van der Waals surface area contributed by atoms with Gasteiger partial charge in [-0.25, -0.2) is 0 Å². The number of carbonyl (C=O) groups excluding carboxylic acids is 1. The number of nitrogens with zero attached hydrogens (tertiary/aromatic N) is 3. The van der Waals surface area contributed by atoms with E-state index in [0.717, 1.165) is 5.56 Å². The number of carbonyl (C=O) groups is 1. The van der Waals surface area contributed by atoms with Gasteiger partial charge >= 0.3 is 0 Å². The number of nitrogens with one attached hydrogen (secondary N) is 1. The summed E-state index contributed by atoms with van der Waals surface area (Å²) in [4.78, 5) is 12.4. The van der Waals surface area contributed by atoms with Crippen molar-refractivity contribution in [3.63, 3.8) is 0 Å². The summed E-state index contributed by atoms with van der Waals surface area (Å²) in [5, 5.41) is 13.5. The van der Waals surface area contributed by atoms with Crippen LogP contribution in [0.3, 0.4) is 0 Å². The largest absolute Gasteiger partial charge is 0.481 e. The van der Waals surface area contributed by atoms with E-state index in [2.05, 4.69) is 29.4 Å². The predicted molar refractivity (Wildman–Crippen MR) is 129 cm³/mol. The zero-order chi connectivity index (χ0) is 23.1. The molecule has 0 spiro atoms. The molecule has 1 aromatic heterocycles. The van der Waals surface area contributed by atoms with Gasteiger partial charge in [0.1, 0.15) is 5.75 Å². The van der Waals surface area contributed by atoms with Crippen molar-refractivity contribution in [3.8, 4) is 5.75 Å². The number of halogens is 2. The zero-order valence-electron chi connectivity index (χ0n) is 18.2. The topological polar surface area (TPSA) is 69.0 Å². The van der Waals surface area contributed by atoms with Crippen molar-refractivity contribution in [2.24, 2.45) is 5.92 Å². The lowest BCUT2D eigenvalue weighted by Gasteiger charge is -2.18. The molecule has 0 fully saturated rings. The predicted octanol–water partition coefficient (Wildman–Crippen LogP) is 5.79. The van der Waals surface area contributed by atoms with Gasteiger partial charge in [-0.3, -0.25) is 4.79 Å². The van der Waals surface area contributed by atoms with Gasteiger partial charge in [0.15, 0.2) is 17.1 Å². The summed E-state index contributed by atoms with van der Waals surface area (Å²) in [5.41, 5.74) is 0.989. The molecule has 1 amide bonds. The second kappa shape index (κ2) is 11.6. The van der Waals surface area contributed by atoms with Crippen molar-refractivity contribution in [1.82, 2.24) is 20.1 Å². The fourth-order valence-corrected chi connectivity index (χ4v) is 4.10. The van der Waals surface area contributed by atoms with Crippen molar-refractivity contribution in [3.05, 3.63) is 70.0 Å². The molecule has 6 nitrogen and oxygen atoms in total. The zero-order valence-corrected chi connectivity index (χ0v) is 20.5. The van der Waals surface area contributed by atoms with Gasteiger partial charge in [-0.05, 0) is 42.7 Å². The molecule has 0 aliphatic carbocycles. The highest BCUT2D eigenvalue weighted by Crippen LogP contribution is 2.29. The van der Waals surface area contributed by atoms with Crippen molar-refractivity contribution < 1.29 is 9.53 Å². The van der Waals surface area contributed by atoms with E-state index in [-0.39, 0.29) is 17.8 Å². The fourth-order valence-electron chi connectivity index (χ4n) is 3.01. The summed E-state index contributed by atoms with van der Waals surface area (Å²) in [6.07, 6.45) is -0.353. The van der Waals surface area contributed by atoms with Gasteiger partial charge in [0.05, 0.1) is 10.8 Å². The molecule has 0 saturated carbocycles. The maximum Gasteiger partial charge on any atom is 0.230 e. The SMILES string of the molecule is CC(C)Cn1c(SCC(=O)NCc2ccc(Cl)cc2)nnc1C(C)Oc1ccccc1Cl. The van der Waals surface area contributed by atoms with Gasteiger partial charge in [-0.1, -0.05) is 73.1 Å². The van der Waals surface area contributed by atoms with Gasteiger partial charge in [0.2, 0.25) is 5.91 Å². The van der Waals surface area contributed by atoms with Crippen LogP contribution >= 0.6 is 35.0 Å². The fraction of sp³-hybridized carbons (Fsp3) is 0.348. The first-order valence-corrected chi connectivity index (χ1v) is 12.1. The van der Waals surface area contributed by atoms with Crippen LogP contribution in [0.15, 0.2) is 53.7 Å². The molecule has 1 heterocycles. The van der Waals surface area contributed by atoms with Crippen LogP contribution in [-0.2, 0) is 17.9 Å². The molecule has 0 radical (unpaired) electrons. The number of ether oxygens (including phenoxy) is 1. The minimum atomic E-state index is -0.353. The van der Waals surface area contributed by atoms with Crippen LogP contribution < -0.4 is 10.1 Å². The number of benzene rings is 2. The highest BCUT2D eigenvalue weighted by Gasteiger charge is 2.21. The number of thioether (sulfide) groups is 1. The Kier molecular flexibility index (Phi) is 8.84. The van der Waals surface area contributed by atoms with E-state index in [1.54, 1.807) is 18.2 Å². The summed E-state index contributed by atoms with van der Waals surface area (Å²) >= 11 is 13.5. The number of rotatable bonds is 10. The van der Waals surface area contributed by atoms with E-state index < -0.39 is 0 Å². The number of hydrogen-bond acceptors (Lipinski definition) is 5. The van der Waals surface area contributed by atoms with Gasteiger partial charge in [-0.2, -0.15) is 0 Å². The third-order valence-corrected chi connectivity index (χ3v) is 6.06. The molecule has 9 heteroatoms. The average Bonchev–Trinajstić information content (AvgIpc) is 3.15. The highest BCUT2D eigenvalue weighted by molar-refractivity contribution is 7.99. The molecular weight excluding hydrogens is 467 g/mol. The summed E-state index contributed by atoms with van der Waals surface area (Å²) < 4.78 is 8.05. The number of para-hydroxylation sites is 1. The molecular formula is C23H26Cl2N4O2S. The van der Waals surface area contributed by atoms with E-state index in [1.165, 1.54) is 11.8 Å². The van der Waals surface area contributed by atoms with E-state index in [0.29, 0.717) is 45.8 Å². The quantitative estimate of drug-likeness (QED) is 0.362. The molecule has 32 heavy (non-hydrogen) atoms. The molecule has 0 saturated heterocycles. The van der Waals surface area contributed by atoms with Crippen LogP contribution in [0.2, 0.25) is 10.0 Å². The van der Waals surface area contributed by atoms with Gasteiger partial charge < -0.3 is 14.6 Å². The van der Waals surface area contributed by atoms with E-state index >= 15 is 0 Å². The molecule has 170 valence electrons. The lowest BCUT2D eigenvalue weighted by Crippen LogP contribution is -2.24. The lowest BCUT2D eigenvalue weighted by molar-refractivity contribution is -0.118. The standard InChI is InChI=1S/C23H26Cl2N4O2S/c1-15(2)13-29-22(16(3)31-20-7-5-4-6-19(20)25)27-28-23(29)32-14-21(30)26-12-17-8-10-18(24)11-9-17/h4-11,15-16H,12-14H2,1-3H3,(H,26,30). The molecule has 1 N–H and O–H groups in total.